The van der Waals surface area contributed by atoms with Crippen molar-refractivity contribution in [2.75, 3.05) is 10.6 Å². The van der Waals surface area contributed by atoms with Crippen molar-refractivity contribution in [2.24, 2.45) is 0 Å². The molecule has 0 radical (unpaired) electrons. The zero-order chi connectivity index (χ0) is 19.8. The van der Waals surface area contributed by atoms with Crippen LogP contribution in [0.1, 0.15) is 37.4 Å². The number of amides is 2. The van der Waals surface area contributed by atoms with Crippen molar-refractivity contribution < 1.29 is 14.3 Å². The second kappa shape index (κ2) is 6.85. The van der Waals surface area contributed by atoms with Gasteiger partial charge < -0.3 is 15.4 Å². The molecule has 140 valence electrons. The lowest BCUT2D eigenvalue weighted by Crippen LogP contribution is -2.15. The number of carbonyl (C=O) groups excluding carboxylic acids is 2. The minimum atomic E-state index is -0.276. The molecule has 0 fully saturated rings. The third kappa shape index (κ3) is 3.34. The van der Waals surface area contributed by atoms with Crippen molar-refractivity contribution in [3.05, 3.63) is 82.4 Å². The maximum absolute atomic E-state index is 12.7. The quantitative estimate of drug-likeness (QED) is 0.648. The standard InChI is InChI=1S/C23H20N2O3/c1-13-4-7-17(15(3)10-13)22(26)24-16-6-9-20-18(12-16)23(27)25-19-11-14(2)5-8-21(19)28-20/h4-12H,1-3H3,(H,24,26)(H,25,27). The van der Waals surface area contributed by atoms with E-state index in [1.54, 1.807) is 24.3 Å². The molecule has 0 aliphatic carbocycles. The highest BCUT2D eigenvalue weighted by Crippen LogP contribution is 2.37. The minimum Gasteiger partial charge on any atom is -0.454 e. The van der Waals surface area contributed by atoms with E-state index in [1.807, 2.05) is 51.1 Å². The Hall–Kier alpha value is -3.60. The van der Waals surface area contributed by atoms with E-state index in [9.17, 15) is 9.59 Å². The lowest BCUT2D eigenvalue weighted by molar-refractivity contribution is 0.101. The molecule has 5 heteroatoms. The predicted octanol–water partition coefficient (Wildman–Crippen LogP) is 5.22. The fraction of sp³-hybridized carbons (Fsp3) is 0.130. The second-order valence-electron chi connectivity index (χ2n) is 7.04. The molecule has 3 aromatic rings. The van der Waals surface area contributed by atoms with Crippen molar-refractivity contribution in [1.29, 1.82) is 0 Å². The Kier molecular flexibility index (Phi) is 4.35. The summed E-state index contributed by atoms with van der Waals surface area (Å²) in [5.74, 6) is 0.544. The van der Waals surface area contributed by atoms with Gasteiger partial charge in [-0.05, 0) is 68.3 Å². The van der Waals surface area contributed by atoms with E-state index in [0.717, 1.165) is 16.7 Å². The summed E-state index contributed by atoms with van der Waals surface area (Å²) in [7, 11) is 0. The van der Waals surface area contributed by atoms with Crippen LogP contribution in [0.5, 0.6) is 11.5 Å². The first-order valence-electron chi connectivity index (χ1n) is 9.03. The third-order valence-corrected chi connectivity index (χ3v) is 4.71. The first-order valence-corrected chi connectivity index (χ1v) is 9.03. The van der Waals surface area contributed by atoms with Crippen molar-refractivity contribution >= 4 is 23.2 Å². The molecule has 1 heterocycles. The van der Waals surface area contributed by atoms with Crippen LogP contribution in [0.3, 0.4) is 0 Å². The molecular weight excluding hydrogens is 352 g/mol. The number of rotatable bonds is 2. The maximum atomic E-state index is 12.7. The topological polar surface area (TPSA) is 67.4 Å². The zero-order valence-electron chi connectivity index (χ0n) is 15.9. The average molecular weight is 372 g/mol. The Morgan fingerprint density at radius 1 is 0.893 bits per heavy atom. The van der Waals surface area contributed by atoms with Crippen LogP contribution >= 0.6 is 0 Å². The second-order valence-corrected chi connectivity index (χ2v) is 7.04. The summed E-state index contributed by atoms with van der Waals surface area (Å²) < 4.78 is 5.91. The molecule has 2 amide bonds. The van der Waals surface area contributed by atoms with Crippen LogP contribution in [0.4, 0.5) is 11.4 Å². The van der Waals surface area contributed by atoms with Crippen LogP contribution in [-0.2, 0) is 0 Å². The molecule has 0 aromatic heterocycles. The summed E-state index contributed by atoms with van der Waals surface area (Å²) in [6.07, 6.45) is 0. The normalized spacial score (nSPS) is 12.2. The molecular formula is C23H20N2O3. The molecule has 0 spiro atoms. The Labute approximate surface area is 163 Å². The van der Waals surface area contributed by atoms with Crippen LogP contribution < -0.4 is 15.4 Å². The summed E-state index contributed by atoms with van der Waals surface area (Å²) in [5.41, 5.74) is 5.15. The summed E-state index contributed by atoms with van der Waals surface area (Å²) in [6.45, 7) is 5.84. The molecule has 4 rings (SSSR count). The van der Waals surface area contributed by atoms with Gasteiger partial charge in [0, 0.05) is 11.3 Å². The van der Waals surface area contributed by atoms with Crippen molar-refractivity contribution in [3.8, 4) is 11.5 Å². The van der Waals surface area contributed by atoms with E-state index < -0.39 is 0 Å². The van der Waals surface area contributed by atoms with Crippen molar-refractivity contribution in [3.63, 3.8) is 0 Å². The Morgan fingerprint density at radius 3 is 2.39 bits per heavy atom. The summed E-state index contributed by atoms with van der Waals surface area (Å²) in [6, 6.07) is 16.3. The van der Waals surface area contributed by atoms with Gasteiger partial charge in [0.05, 0.1) is 11.3 Å². The van der Waals surface area contributed by atoms with Crippen LogP contribution in [0, 0.1) is 20.8 Å². The predicted molar refractivity (Wildman–Crippen MR) is 110 cm³/mol. The van der Waals surface area contributed by atoms with Gasteiger partial charge in [-0.1, -0.05) is 23.8 Å². The van der Waals surface area contributed by atoms with Gasteiger partial charge in [-0.2, -0.15) is 0 Å². The van der Waals surface area contributed by atoms with Gasteiger partial charge in [-0.15, -0.1) is 0 Å². The van der Waals surface area contributed by atoms with Gasteiger partial charge in [0.2, 0.25) is 0 Å². The zero-order valence-corrected chi connectivity index (χ0v) is 15.9. The van der Waals surface area contributed by atoms with E-state index in [1.165, 1.54) is 0 Å². The van der Waals surface area contributed by atoms with Gasteiger partial charge in [0.15, 0.2) is 5.75 Å². The SMILES string of the molecule is Cc1ccc(C(=O)Nc2ccc3c(c2)C(=O)Nc2cc(C)ccc2O3)c(C)c1. The van der Waals surface area contributed by atoms with E-state index in [0.29, 0.717) is 34.0 Å². The highest BCUT2D eigenvalue weighted by Gasteiger charge is 2.22. The van der Waals surface area contributed by atoms with E-state index in [4.69, 9.17) is 4.74 Å². The molecule has 28 heavy (non-hydrogen) atoms. The highest BCUT2D eigenvalue weighted by molar-refractivity contribution is 6.10. The largest absolute Gasteiger partial charge is 0.454 e. The van der Waals surface area contributed by atoms with Crippen LogP contribution in [-0.4, -0.2) is 11.8 Å². The van der Waals surface area contributed by atoms with E-state index in [-0.39, 0.29) is 11.8 Å². The monoisotopic (exact) mass is 372 g/mol. The number of aryl methyl sites for hydroxylation is 3. The number of carbonyl (C=O) groups is 2. The summed E-state index contributed by atoms with van der Waals surface area (Å²) in [5, 5.41) is 5.74. The lowest BCUT2D eigenvalue weighted by atomic mass is 10.0. The number of benzene rings is 3. The molecule has 0 unspecified atom stereocenters. The fourth-order valence-electron chi connectivity index (χ4n) is 3.28. The molecule has 0 atom stereocenters. The smallest absolute Gasteiger partial charge is 0.259 e. The number of anilines is 2. The van der Waals surface area contributed by atoms with Gasteiger partial charge in [-0.25, -0.2) is 0 Å². The number of ether oxygens (including phenoxy) is 1. The number of hydrogen-bond donors (Lipinski definition) is 2. The van der Waals surface area contributed by atoms with Crippen molar-refractivity contribution in [1.82, 2.24) is 0 Å². The molecule has 0 saturated heterocycles. The van der Waals surface area contributed by atoms with Gasteiger partial charge in [0.1, 0.15) is 5.75 Å². The van der Waals surface area contributed by atoms with E-state index in [2.05, 4.69) is 10.6 Å². The Balaban J connectivity index is 1.63. The Bertz CT molecular complexity index is 1120. The third-order valence-electron chi connectivity index (χ3n) is 4.71. The molecule has 2 N–H and O–H groups in total. The van der Waals surface area contributed by atoms with Crippen LogP contribution in [0.25, 0.3) is 0 Å². The minimum absolute atomic E-state index is 0.216. The lowest BCUT2D eigenvalue weighted by Gasteiger charge is -2.11. The molecule has 1 aliphatic rings. The molecule has 3 aromatic carbocycles. The number of fused-ring (bicyclic) bond motifs is 2. The maximum Gasteiger partial charge on any atom is 0.259 e. The molecule has 1 aliphatic heterocycles. The van der Waals surface area contributed by atoms with Gasteiger partial charge in [-0.3, -0.25) is 9.59 Å². The Morgan fingerprint density at radius 2 is 1.61 bits per heavy atom. The van der Waals surface area contributed by atoms with Gasteiger partial charge >= 0.3 is 0 Å². The summed E-state index contributed by atoms with van der Waals surface area (Å²) >= 11 is 0. The van der Waals surface area contributed by atoms with Crippen molar-refractivity contribution in [2.45, 2.75) is 20.8 Å². The van der Waals surface area contributed by atoms with Crippen LogP contribution in [0.2, 0.25) is 0 Å². The molecule has 0 bridgehead atoms. The first kappa shape index (κ1) is 17.8. The summed E-state index contributed by atoms with van der Waals surface area (Å²) in [4.78, 5) is 25.3. The fourth-order valence-corrected chi connectivity index (χ4v) is 3.28. The molecule has 5 nitrogen and oxygen atoms in total. The molecule has 0 saturated carbocycles. The highest BCUT2D eigenvalue weighted by atomic mass is 16.5. The number of nitrogens with one attached hydrogen (secondary N) is 2. The first-order chi connectivity index (χ1) is 13.4. The van der Waals surface area contributed by atoms with E-state index >= 15 is 0 Å². The van der Waals surface area contributed by atoms with Gasteiger partial charge in [0.25, 0.3) is 11.8 Å². The van der Waals surface area contributed by atoms with Crippen LogP contribution in [0.15, 0.2) is 54.6 Å². The average Bonchev–Trinajstić information content (AvgIpc) is 2.77. The number of hydrogen-bond acceptors (Lipinski definition) is 3.